The smallest absolute Gasteiger partial charge is 0.0471 e. The molecule has 0 saturated carbocycles. The maximum atomic E-state index is 8.60. The number of hydrogen-bond donors (Lipinski definition) is 6. The van der Waals surface area contributed by atoms with Crippen LogP contribution < -0.4 is 16.0 Å². The Kier molecular flexibility index (Phi) is 14.6. The van der Waals surface area contributed by atoms with Crippen LogP contribution in [-0.4, -0.2) is 74.4 Å². The van der Waals surface area contributed by atoms with Crippen LogP contribution >= 0.6 is 0 Å². The van der Waals surface area contributed by atoms with Crippen LogP contribution in [0.1, 0.15) is 44.9 Å². The van der Waals surface area contributed by atoms with Crippen molar-refractivity contribution in [3.63, 3.8) is 0 Å². The summed E-state index contributed by atoms with van der Waals surface area (Å²) in [6.07, 6.45) is 8.15. The lowest BCUT2D eigenvalue weighted by Gasteiger charge is -2.21. The fourth-order valence-electron chi connectivity index (χ4n) is 3.58. The van der Waals surface area contributed by atoms with E-state index in [9.17, 15) is 0 Å². The molecule has 3 rings (SSSR count). The van der Waals surface area contributed by atoms with E-state index in [-0.39, 0.29) is 0 Å². The highest BCUT2D eigenvalue weighted by atomic mass is 16.3. The molecule has 0 aromatic rings. The Morgan fingerprint density at radius 1 is 0.560 bits per heavy atom. The van der Waals surface area contributed by atoms with E-state index in [1.165, 1.54) is 25.7 Å². The molecule has 0 aromatic heterocycles. The quantitative estimate of drug-likeness (QED) is 0.423. The van der Waals surface area contributed by atoms with Crippen molar-refractivity contribution in [1.82, 2.24) is 16.0 Å². The third-order valence-corrected chi connectivity index (χ3v) is 5.41. The van der Waals surface area contributed by atoms with E-state index in [0.717, 1.165) is 70.4 Å². The van der Waals surface area contributed by atoms with Crippen LogP contribution in [0.5, 0.6) is 0 Å². The second kappa shape index (κ2) is 16.0. The van der Waals surface area contributed by atoms with Crippen molar-refractivity contribution in [2.75, 3.05) is 59.1 Å². The molecule has 0 bridgehead atoms. The zero-order valence-electron chi connectivity index (χ0n) is 15.9. The van der Waals surface area contributed by atoms with Crippen LogP contribution in [-0.2, 0) is 0 Å². The predicted octanol–water partition coefficient (Wildman–Crippen LogP) is 0.325. The summed E-state index contributed by atoms with van der Waals surface area (Å²) in [5.41, 5.74) is 0. The topological polar surface area (TPSA) is 96.8 Å². The van der Waals surface area contributed by atoms with Gasteiger partial charge < -0.3 is 31.3 Å². The number of aliphatic hydroxyl groups is 3. The minimum absolute atomic E-state index is 0.354. The normalized spacial score (nSPS) is 24.8. The molecule has 0 radical (unpaired) electrons. The highest BCUT2D eigenvalue weighted by Crippen LogP contribution is 2.15. The average molecular weight is 360 g/mol. The van der Waals surface area contributed by atoms with Crippen LogP contribution in [0, 0.1) is 17.8 Å². The first-order valence-corrected chi connectivity index (χ1v) is 10.2. The van der Waals surface area contributed by atoms with Gasteiger partial charge in [-0.05, 0) is 95.4 Å². The molecule has 25 heavy (non-hydrogen) atoms. The van der Waals surface area contributed by atoms with E-state index >= 15 is 0 Å². The second-order valence-electron chi connectivity index (χ2n) is 7.45. The molecule has 0 aromatic carbocycles. The number of piperidine rings is 2. The fourth-order valence-corrected chi connectivity index (χ4v) is 3.58. The maximum absolute atomic E-state index is 8.60. The molecule has 0 spiro atoms. The third-order valence-electron chi connectivity index (χ3n) is 5.41. The van der Waals surface area contributed by atoms with E-state index in [4.69, 9.17) is 15.3 Å². The van der Waals surface area contributed by atoms with Crippen LogP contribution in [0.15, 0.2) is 0 Å². The molecule has 6 heteroatoms. The molecular weight excluding hydrogens is 318 g/mol. The van der Waals surface area contributed by atoms with Gasteiger partial charge in [-0.15, -0.1) is 0 Å². The second-order valence-corrected chi connectivity index (χ2v) is 7.45. The predicted molar refractivity (Wildman–Crippen MR) is 103 cm³/mol. The van der Waals surface area contributed by atoms with Crippen molar-refractivity contribution in [3.05, 3.63) is 0 Å². The molecule has 0 aliphatic carbocycles. The Balaban J connectivity index is 0.000000189. The fraction of sp³-hybridized carbons (Fsp3) is 1.00. The molecule has 6 nitrogen and oxygen atoms in total. The van der Waals surface area contributed by atoms with Gasteiger partial charge in [-0.2, -0.15) is 0 Å². The summed E-state index contributed by atoms with van der Waals surface area (Å²) >= 11 is 0. The van der Waals surface area contributed by atoms with Crippen molar-refractivity contribution < 1.29 is 15.3 Å². The van der Waals surface area contributed by atoms with E-state index in [2.05, 4.69) is 16.0 Å². The van der Waals surface area contributed by atoms with Gasteiger partial charge in [-0.25, -0.2) is 0 Å². The molecular formula is C19H41N3O3. The molecule has 3 heterocycles. The largest absolute Gasteiger partial charge is 0.396 e. The SMILES string of the molecule is OCC1CCNC1.OCCC1CCNCC1.OCCC1CCNCC1. The van der Waals surface area contributed by atoms with Gasteiger partial charge in [0.1, 0.15) is 0 Å². The van der Waals surface area contributed by atoms with Crippen molar-refractivity contribution in [3.8, 4) is 0 Å². The van der Waals surface area contributed by atoms with E-state index in [1.807, 2.05) is 0 Å². The van der Waals surface area contributed by atoms with Gasteiger partial charge in [0.15, 0.2) is 0 Å². The Labute approximate surface area is 153 Å². The van der Waals surface area contributed by atoms with Crippen LogP contribution in [0.25, 0.3) is 0 Å². The summed E-state index contributed by atoms with van der Waals surface area (Å²) in [5.74, 6) is 2.12. The van der Waals surface area contributed by atoms with Crippen molar-refractivity contribution in [2.24, 2.45) is 17.8 Å². The summed E-state index contributed by atoms with van der Waals surface area (Å²) in [7, 11) is 0. The number of aliphatic hydroxyl groups excluding tert-OH is 3. The standard InChI is InChI=1S/2C7H15NO.C5H11NO/c2*9-6-3-7-1-4-8-5-2-7;7-4-5-1-2-6-3-5/h2*7-9H,1-6H2;5-7H,1-4H2. The van der Waals surface area contributed by atoms with E-state index in [0.29, 0.717) is 25.7 Å². The molecule has 3 aliphatic rings. The lowest BCUT2D eigenvalue weighted by molar-refractivity contribution is 0.234. The van der Waals surface area contributed by atoms with Crippen LogP contribution in [0.4, 0.5) is 0 Å². The van der Waals surface area contributed by atoms with Crippen LogP contribution in [0.2, 0.25) is 0 Å². The average Bonchev–Trinajstić information content (AvgIpc) is 3.19. The van der Waals surface area contributed by atoms with Crippen molar-refractivity contribution in [2.45, 2.75) is 44.9 Å². The lowest BCUT2D eigenvalue weighted by atomic mass is 9.95. The molecule has 150 valence electrons. The molecule has 3 saturated heterocycles. The third kappa shape index (κ3) is 11.9. The number of rotatable bonds is 5. The van der Waals surface area contributed by atoms with Gasteiger partial charge in [0.25, 0.3) is 0 Å². The van der Waals surface area contributed by atoms with Crippen molar-refractivity contribution in [1.29, 1.82) is 0 Å². The van der Waals surface area contributed by atoms with Crippen LogP contribution in [0.3, 0.4) is 0 Å². The summed E-state index contributed by atoms with van der Waals surface area (Å²) in [6, 6.07) is 0. The summed E-state index contributed by atoms with van der Waals surface area (Å²) in [4.78, 5) is 0. The molecule has 1 atom stereocenters. The Morgan fingerprint density at radius 3 is 1.24 bits per heavy atom. The highest BCUT2D eigenvalue weighted by molar-refractivity contribution is 4.69. The van der Waals surface area contributed by atoms with E-state index in [1.54, 1.807) is 0 Å². The highest BCUT2D eigenvalue weighted by Gasteiger charge is 2.12. The molecule has 1 unspecified atom stereocenters. The summed E-state index contributed by atoms with van der Waals surface area (Å²) in [5, 5.41) is 35.5. The van der Waals surface area contributed by atoms with Gasteiger partial charge in [0.2, 0.25) is 0 Å². The Hall–Kier alpha value is -0.240. The first-order valence-electron chi connectivity index (χ1n) is 10.2. The van der Waals surface area contributed by atoms with Crippen molar-refractivity contribution >= 4 is 0 Å². The molecule has 3 fully saturated rings. The first kappa shape index (κ1) is 22.8. The lowest BCUT2D eigenvalue weighted by Crippen LogP contribution is -2.28. The zero-order valence-corrected chi connectivity index (χ0v) is 15.9. The Bertz CT molecular complexity index is 252. The first-order chi connectivity index (χ1) is 12.3. The van der Waals surface area contributed by atoms with Gasteiger partial charge in [-0.1, -0.05) is 0 Å². The minimum Gasteiger partial charge on any atom is -0.396 e. The van der Waals surface area contributed by atoms with Gasteiger partial charge in [0, 0.05) is 26.4 Å². The number of hydrogen-bond acceptors (Lipinski definition) is 6. The van der Waals surface area contributed by atoms with Gasteiger partial charge in [0.05, 0.1) is 0 Å². The Morgan fingerprint density at radius 2 is 0.960 bits per heavy atom. The summed E-state index contributed by atoms with van der Waals surface area (Å²) in [6.45, 7) is 7.76. The molecule has 3 aliphatic heterocycles. The van der Waals surface area contributed by atoms with Gasteiger partial charge >= 0.3 is 0 Å². The summed E-state index contributed by atoms with van der Waals surface area (Å²) < 4.78 is 0. The minimum atomic E-state index is 0.354. The molecule has 6 N–H and O–H groups in total. The monoisotopic (exact) mass is 359 g/mol. The number of nitrogens with one attached hydrogen (secondary N) is 3. The van der Waals surface area contributed by atoms with Gasteiger partial charge in [-0.3, -0.25) is 0 Å². The molecule has 0 amide bonds. The maximum Gasteiger partial charge on any atom is 0.0471 e. The zero-order chi connectivity index (χ0) is 18.2. The van der Waals surface area contributed by atoms with E-state index < -0.39 is 0 Å².